The summed E-state index contributed by atoms with van der Waals surface area (Å²) in [6.07, 6.45) is 3.12. The summed E-state index contributed by atoms with van der Waals surface area (Å²) in [6.45, 7) is 2.46. The summed E-state index contributed by atoms with van der Waals surface area (Å²) in [5.74, 6) is 0.615. The van der Waals surface area contributed by atoms with Crippen LogP contribution in [0.2, 0.25) is 5.02 Å². The van der Waals surface area contributed by atoms with Crippen molar-refractivity contribution in [3.8, 4) is 5.75 Å². The van der Waals surface area contributed by atoms with Gasteiger partial charge in [0.1, 0.15) is 16.5 Å². The van der Waals surface area contributed by atoms with Gasteiger partial charge < -0.3 is 9.47 Å². The lowest BCUT2D eigenvalue weighted by molar-refractivity contribution is -0.384. The van der Waals surface area contributed by atoms with Crippen LogP contribution in [0.1, 0.15) is 18.1 Å². The molecule has 1 aliphatic heterocycles. The van der Waals surface area contributed by atoms with E-state index in [1.54, 1.807) is 36.4 Å². The summed E-state index contributed by atoms with van der Waals surface area (Å²) < 4.78 is 10.7. The Morgan fingerprint density at radius 3 is 2.62 bits per heavy atom. The van der Waals surface area contributed by atoms with Crippen molar-refractivity contribution in [2.45, 2.75) is 6.92 Å². The first-order valence-electron chi connectivity index (χ1n) is 7.80. The standard InChI is InChI=1S/C19H14ClNO5/c1-2-25-15-6-4-13(5-7-15)18-11-14(19(22)26-18)9-12-3-8-16(20)17(10-12)21(23)24/h3-11H,2H2,1H3. The van der Waals surface area contributed by atoms with Gasteiger partial charge in [0.25, 0.3) is 5.69 Å². The minimum atomic E-state index is -0.571. The molecule has 0 bridgehead atoms. The van der Waals surface area contributed by atoms with Crippen LogP contribution in [-0.4, -0.2) is 17.5 Å². The van der Waals surface area contributed by atoms with Gasteiger partial charge >= 0.3 is 5.97 Å². The monoisotopic (exact) mass is 371 g/mol. The first kappa shape index (κ1) is 17.7. The molecule has 26 heavy (non-hydrogen) atoms. The van der Waals surface area contributed by atoms with Crippen molar-refractivity contribution in [3.05, 3.63) is 80.4 Å². The molecule has 0 amide bonds. The molecule has 7 heteroatoms. The van der Waals surface area contributed by atoms with Gasteiger partial charge in [0, 0.05) is 11.6 Å². The molecule has 0 aromatic heterocycles. The van der Waals surface area contributed by atoms with Gasteiger partial charge in [-0.3, -0.25) is 10.1 Å². The Kier molecular flexibility index (Phi) is 5.04. The second-order valence-electron chi connectivity index (χ2n) is 5.42. The van der Waals surface area contributed by atoms with Crippen molar-refractivity contribution in [1.29, 1.82) is 0 Å². The highest BCUT2D eigenvalue weighted by atomic mass is 35.5. The molecule has 1 aliphatic rings. The van der Waals surface area contributed by atoms with Crippen LogP contribution in [0.3, 0.4) is 0 Å². The van der Waals surface area contributed by atoms with Gasteiger partial charge in [0.2, 0.25) is 0 Å². The number of nitrogens with zero attached hydrogens (tertiary/aromatic N) is 1. The Hall–Kier alpha value is -3.12. The lowest BCUT2D eigenvalue weighted by Gasteiger charge is -2.05. The number of rotatable bonds is 5. The average molecular weight is 372 g/mol. The Balaban J connectivity index is 1.89. The maximum absolute atomic E-state index is 12.1. The first-order valence-corrected chi connectivity index (χ1v) is 8.18. The van der Waals surface area contributed by atoms with Crippen molar-refractivity contribution in [2.75, 3.05) is 6.61 Å². The molecule has 6 nitrogen and oxygen atoms in total. The zero-order valence-electron chi connectivity index (χ0n) is 13.8. The molecule has 2 aromatic rings. The van der Waals surface area contributed by atoms with Gasteiger partial charge in [-0.1, -0.05) is 17.7 Å². The summed E-state index contributed by atoms with van der Waals surface area (Å²) in [7, 11) is 0. The third-order valence-corrected chi connectivity index (χ3v) is 3.98. The zero-order chi connectivity index (χ0) is 18.7. The van der Waals surface area contributed by atoms with Crippen LogP contribution in [0.5, 0.6) is 5.75 Å². The predicted octanol–water partition coefficient (Wildman–Crippen LogP) is 4.63. The minimum Gasteiger partial charge on any atom is -0.494 e. The third kappa shape index (κ3) is 3.75. The van der Waals surface area contributed by atoms with Gasteiger partial charge in [-0.05, 0) is 55.0 Å². The molecule has 3 rings (SSSR count). The summed E-state index contributed by atoms with van der Waals surface area (Å²) in [4.78, 5) is 22.5. The highest BCUT2D eigenvalue weighted by Crippen LogP contribution is 2.30. The SMILES string of the molecule is CCOc1ccc(C2=CC(=Cc3ccc(Cl)c([N+](=O)[O-])c3)C(=O)O2)cc1. The van der Waals surface area contributed by atoms with Crippen LogP contribution in [0, 0.1) is 10.1 Å². The number of esters is 1. The maximum atomic E-state index is 12.1. The Morgan fingerprint density at radius 2 is 1.96 bits per heavy atom. The van der Waals surface area contributed by atoms with Crippen molar-refractivity contribution in [1.82, 2.24) is 0 Å². The largest absolute Gasteiger partial charge is 0.494 e. The predicted molar refractivity (Wildman–Crippen MR) is 97.8 cm³/mol. The molecule has 0 saturated carbocycles. The van der Waals surface area contributed by atoms with E-state index in [0.29, 0.717) is 23.5 Å². The van der Waals surface area contributed by atoms with Crippen LogP contribution in [0.15, 0.2) is 54.1 Å². The minimum absolute atomic E-state index is 0.0387. The Labute approximate surface area is 154 Å². The number of ether oxygens (including phenoxy) is 2. The number of cyclic esters (lactones) is 1. The molecular formula is C19H14ClNO5. The van der Waals surface area contributed by atoms with Crippen LogP contribution in [0.4, 0.5) is 5.69 Å². The van der Waals surface area contributed by atoms with Gasteiger partial charge in [-0.15, -0.1) is 0 Å². The van der Waals surface area contributed by atoms with E-state index in [2.05, 4.69) is 0 Å². The molecule has 2 aromatic carbocycles. The highest BCUT2D eigenvalue weighted by molar-refractivity contribution is 6.32. The van der Waals surface area contributed by atoms with E-state index in [1.807, 2.05) is 6.92 Å². The zero-order valence-corrected chi connectivity index (χ0v) is 14.5. The van der Waals surface area contributed by atoms with Crippen LogP contribution < -0.4 is 4.74 Å². The van der Waals surface area contributed by atoms with Crippen LogP contribution in [-0.2, 0) is 9.53 Å². The smallest absolute Gasteiger partial charge is 0.343 e. The highest BCUT2D eigenvalue weighted by Gasteiger charge is 2.22. The van der Waals surface area contributed by atoms with Crippen molar-refractivity contribution in [3.63, 3.8) is 0 Å². The van der Waals surface area contributed by atoms with E-state index in [1.165, 1.54) is 18.2 Å². The number of hydrogen-bond acceptors (Lipinski definition) is 5. The van der Waals surface area contributed by atoms with Crippen molar-refractivity contribution < 1.29 is 19.2 Å². The number of carbonyl (C=O) groups is 1. The molecule has 0 spiro atoms. The van der Waals surface area contributed by atoms with E-state index in [-0.39, 0.29) is 10.7 Å². The Morgan fingerprint density at radius 1 is 1.23 bits per heavy atom. The molecule has 0 fully saturated rings. The topological polar surface area (TPSA) is 78.7 Å². The number of nitro benzene ring substituents is 1. The average Bonchev–Trinajstić information content (AvgIpc) is 2.98. The summed E-state index contributed by atoms with van der Waals surface area (Å²) in [6, 6.07) is 11.5. The molecule has 0 saturated heterocycles. The van der Waals surface area contributed by atoms with Crippen LogP contribution >= 0.6 is 11.6 Å². The van der Waals surface area contributed by atoms with E-state index < -0.39 is 10.9 Å². The van der Waals surface area contributed by atoms with Crippen molar-refractivity contribution in [2.24, 2.45) is 0 Å². The molecule has 0 atom stereocenters. The third-order valence-electron chi connectivity index (χ3n) is 3.66. The van der Waals surface area contributed by atoms with Gasteiger partial charge in [-0.25, -0.2) is 4.79 Å². The van der Waals surface area contributed by atoms with Crippen LogP contribution in [0.25, 0.3) is 11.8 Å². The summed E-state index contributed by atoms with van der Waals surface area (Å²) in [5.41, 5.74) is 1.29. The number of carbonyl (C=O) groups excluding carboxylic acids is 1. The van der Waals surface area contributed by atoms with Gasteiger partial charge in [0.15, 0.2) is 0 Å². The fraction of sp³-hybridized carbons (Fsp3) is 0.105. The van der Waals surface area contributed by atoms with Gasteiger partial charge in [-0.2, -0.15) is 0 Å². The molecule has 132 valence electrons. The summed E-state index contributed by atoms with van der Waals surface area (Å²) in [5, 5.41) is 11.0. The van der Waals surface area contributed by atoms with Gasteiger partial charge in [0.05, 0.1) is 17.1 Å². The van der Waals surface area contributed by atoms with E-state index >= 15 is 0 Å². The fourth-order valence-corrected chi connectivity index (χ4v) is 2.64. The van der Waals surface area contributed by atoms with E-state index in [0.717, 1.165) is 11.3 Å². The second kappa shape index (κ2) is 7.41. The quantitative estimate of drug-likeness (QED) is 0.331. The van der Waals surface area contributed by atoms with Crippen molar-refractivity contribution >= 4 is 35.1 Å². The molecule has 0 unspecified atom stereocenters. The lowest BCUT2D eigenvalue weighted by Crippen LogP contribution is -1.97. The molecular weight excluding hydrogens is 358 g/mol. The number of halogens is 1. The lowest BCUT2D eigenvalue weighted by atomic mass is 10.1. The number of hydrogen-bond donors (Lipinski definition) is 0. The number of benzene rings is 2. The second-order valence-corrected chi connectivity index (χ2v) is 5.83. The summed E-state index contributed by atoms with van der Waals surface area (Å²) >= 11 is 5.80. The fourth-order valence-electron chi connectivity index (χ4n) is 2.45. The van der Waals surface area contributed by atoms with E-state index in [4.69, 9.17) is 21.1 Å². The molecule has 0 radical (unpaired) electrons. The normalized spacial score (nSPS) is 14.9. The molecule has 0 aliphatic carbocycles. The Bertz CT molecular complexity index is 931. The maximum Gasteiger partial charge on any atom is 0.343 e. The number of nitro groups is 1. The van der Waals surface area contributed by atoms with E-state index in [9.17, 15) is 14.9 Å². The molecule has 1 heterocycles. The first-order chi connectivity index (χ1) is 12.5. The molecule has 0 N–H and O–H groups in total.